The van der Waals surface area contributed by atoms with Gasteiger partial charge in [0.25, 0.3) is 0 Å². The Labute approximate surface area is 118 Å². The maximum Gasteiger partial charge on any atom is 0.322 e. The molecule has 1 aromatic rings. The summed E-state index contributed by atoms with van der Waals surface area (Å²) in [4.78, 5) is 25.5. The molecule has 5 heteroatoms. The quantitative estimate of drug-likeness (QED) is 0.862. The van der Waals surface area contributed by atoms with Crippen LogP contribution in [0.4, 0.5) is 10.5 Å². The Morgan fingerprint density at radius 2 is 2.15 bits per heavy atom. The van der Waals surface area contributed by atoms with Gasteiger partial charge in [0.1, 0.15) is 0 Å². The molecule has 2 fully saturated rings. The van der Waals surface area contributed by atoms with E-state index in [1.54, 1.807) is 4.90 Å². The number of amides is 3. The molecule has 5 nitrogen and oxygen atoms in total. The van der Waals surface area contributed by atoms with E-state index < -0.39 is 0 Å². The molecule has 0 unspecified atom stereocenters. The van der Waals surface area contributed by atoms with Crippen molar-refractivity contribution in [2.24, 2.45) is 0 Å². The molecule has 0 radical (unpaired) electrons. The van der Waals surface area contributed by atoms with Crippen LogP contribution < -0.4 is 10.6 Å². The van der Waals surface area contributed by atoms with Crippen LogP contribution in [-0.4, -0.2) is 35.5 Å². The van der Waals surface area contributed by atoms with Gasteiger partial charge in [0.05, 0.1) is 12.1 Å². The molecule has 2 atom stereocenters. The Balaban J connectivity index is 1.65. The number of carbonyl (C=O) groups excluding carboxylic acids is 2. The van der Waals surface area contributed by atoms with Gasteiger partial charge >= 0.3 is 6.03 Å². The van der Waals surface area contributed by atoms with Crippen molar-refractivity contribution in [2.75, 3.05) is 11.9 Å². The molecule has 2 saturated heterocycles. The third kappa shape index (κ3) is 2.35. The number of carbonyl (C=O) groups is 2. The molecule has 2 aliphatic heterocycles. The molecule has 0 saturated carbocycles. The molecule has 0 aliphatic carbocycles. The number of nitrogens with one attached hydrogen (secondary N) is 2. The van der Waals surface area contributed by atoms with Crippen LogP contribution in [-0.2, 0) is 11.2 Å². The van der Waals surface area contributed by atoms with Crippen LogP contribution in [0.3, 0.4) is 0 Å². The van der Waals surface area contributed by atoms with Crippen molar-refractivity contribution in [1.82, 2.24) is 10.2 Å². The van der Waals surface area contributed by atoms with Gasteiger partial charge in [-0.25, -0.2) is 4.79 Å². The van der Waals surface area contributed by atoms with Gasteiger partial charge in [-0.3, -0.25) is 4.79 Å². The highest BCUT2D eigenvalue weighted by Crippen LogP contribution is 2.26. The second kappa shape index (κ2) is 5.15. The largest absolute Gasteiger partial charge is 0.351 e. The van der Waals surface area contributed by atoms with E-state index in [4.69, 9.17) is 0 Å². The second-order valence-electron chi connectivity index (χ2n) is 5.41. The zero-order valence-corrected chi connectivity index (χ0v) is 11.6. The molecule has 0 spiro atoms. The Morgan fingerprint density at radius 3 is 2.85 bits per heavy atom. The average molecular weight is 273 g/mol. The Hall–Kier alpha value is -2.04. The number of rotatable bonds is 2. The van der Waals surface area contributed by atoms with Gasteiger partial charge < -0.3 is 15.5 Å². The fourth-order valence-electron chi connectivity index (χ4n) is 3.00. The lowest BCUT2D eigenvalue weighted by molar-refractivity contribution is -0.119. The second-order valence-corrected chi connectivity index (χ2v) is 5.41. The van der Waals surface area contributed by atoms with Gasteiger partial charge in [-0.05, 0) is 30.5 Å². The highest BCUT2D eigenvalue weighted by Gasteiger charge is 2.43. The maximum absolute atomic E-state index is 12.3. The summed E-state index contributed by atoms with van der Waals surface area (Å²) in [5, 5.41) is 5.83. The van der Waals surface area contributed by atoms with Crippen LogP contribution in [0.15, 0.2) is 24.3 Å². The molecule has 0 bridgehead atoms. The first-order valence-electron chi connectivity index (χ1n) is 7.13. The number of likely N-dealkylation sites (tertiary alicyclic amines) is 1. The molecule has 3 rings (SSSR count). The normalized spacial score (nSPS) is 24.4. The zero-order chi connectivity index (χ0) is 14.1. The predicted octanol–water partition coefficient (Wildman–Crippen LogP) is 1.74. The number of aryl methyl sites for hydroxylation is 1. The average Bonchev–Trinajstić information content (AvgIpc) is 2.98. The van der Waals surface area contributed by atoms with Gasteiger partial charge in [0.15, 0.2) is 0 Å². The smallest absolute Gasteiger partial charge is 0.322 e. The van der Waals surface area contributed by atoms with Crippen LogP contribution in [0.25, 0.3) is 0 Å². The SMILES string of the molecule is CCc1ccc(NC(=O)N2CC[C@H]3NC(=O)C[C@H]32)cc1. The van der Waals surface area contributed by atoms with Crippen LogP contribution in [0.5, 0.6) is 0 Å². The molecule has 106 valence electrons. The minimum Gasteiger partial charge on any atom is -0.351 e. The number of anilines is 1. The first-order valence-corrected chi connectivity index (χ1v) is 7.13. The fourth-order valence-corrected chi connectivity index (χ4v) is 3.00. The molecular formula is C15H19N3O2. The van der Waals surface area contributed by atoms with Gasteiger partial charge in [-0.1, -0.05) is 19.1 Å². The standard InChI is InChI=1S/C15H19N3O2/c1-2-10-3-5-11(6-4-10)16-15(20)18-8-7-12-13(18)9-14(19)17-12/h3-6,12-13H,2,7-9H2,1H3,(H,16,20)(H,17,19)/t12-,13-/m1/s1. The van der Waals surface area contributed by atoms with E-state index in [1.807, 2.05) is 24.3 Å². The van der Waals surface area contributed by atoms with E-state index in [2.05, 4.69) is 17.6 Å². The van der Waals surface area contributed by atoms with Crippen LogP contribution in [0.2, 0.25) is 0 Å². The van der Waals surface area contributed by atoms with Gasteiger partial charge in [0, 0.05) is 18.7 Å². The van der Waals surface area contributed by atoms with Crippen molar-refractivity contribution < 1.29 is 9.59 Å². The number of hydrogen-bond donors (Lipinski definition) is 2. The molecule has 1 aromatic carbocycles. The van der Waals surface area contributed by atoms with Crippen molar-refractivity contribution in [1.29, 1.82) is 0 Å². The summed E-state index contributed by atoms with van der Waals surface area (Å²) in [5.74, 6) is 0.0461. The minimum absolute atomic E-state index is 0.0115. The molecule has 2 aliphatic rings. The summed E-state index contributed by atoms with van der Waals surface area (Å²) < 4.78 is 0. The molecule has 20 heavy (non-hydrogen) atoms. The van der Waals surface area contributed by atoms with Crippen molar-refractivity contribution in [2.45, 2.75) is 38.3 Å². The number of hydrogen-bond acceptors (Lipinski definition) is 2. The maximum atomic E-state index is 12.3. The lowest BCUT2D eigenvalue weighted by atomic mass is 10.1. The van der Waals surface area contributed by atoms with E-state index in [0.29, 0.717) is 13.0 Å². The van der Waals surface area contributed by atoms with Crippen LogP contribution in [0.1, 0.15) is 25.3 Å². The summed E-state index contributed by atoms with van der Waals surface area (Å²) in [5.41, 5.74) is 2.04. The lowest BCUT2D eigenvalue weighted by Crippen LogP contribution is -2.41. The monoisotopic (exact) mass is 273 g/mol. The summed E-state index contributed by atoms with van der Waals surface area (Å²) in [6.45, 7) is 2.80. The first kappa shape index (κ1) is 13.0. The van der Waals surface area contributed by atoms with Gasteiger partial charge in [-0.15, -0.1) is 0 Å². The van der Waals surface area contributed by atoms with Gasteiger partial charge in [0.2, 0.25) is 5.91 Å². The third-order valence-corrected chi connectivity index (χ3v) is 4.16. The minimum atomic E-state index is -0.113. The molecule has 2 heterocycles. The van der Waals surface area contributed by atoms with E-state index in [9.17, 15) is 9.59 Å². The third-order valence-electron chi connectivity index (χ3n) is 4.16. The van der Waals surface area contributed by atoms with E-state index in [0.717, 1.165) is 18.5 Å². The summed E-state index contributed by atoms with van der Waals surface area (Å²) >= 11 is 0. The Kier molecular flexibility index (Phi) is 3.34. The molecule has 3 amide bonds. The molecular weight excluding hydrogens is 254 g/mol. The highest BCUT2D eigenvalue weighted by molar-refractivity contribution is 5.91. The topological polar surface area (TPSA) is 61.4 Å². The highest BCUT2D eigenvalue weighted by atomic mass is 16.2. The summed E-state index contributed by atoms with van der Waals surface area (Å²) in [7, 11) is 0. The van der Waals surface area contributed by atoms with Crippen LogP contribution in [0, 0.1) is 0 Å². The molecule has 0 aromatic heterocycles. The predicted molar refractivity (Wildman–Crippen MR) is 76.5 cm³/mol. The Morgan fingerprint density at radius 1 is 1.40 bits per heavy atom. The molecule has 2 N–H and O–H groups in total. The van der Waals surface area contributed by atoms with Crippen molar-refractivity contribution in [3.63, 3.8) is 0 Å². The van der Waals surface area contributed by atoms with E-state index in [1.165, 1.54) is 5.56 Å². The summed E-state index contributed by atoms with van der Waals surface area (Å²) in [6, 6.07) is 7.91. The number of fused-ring (bicyclic) bond motifs is 1. The zero-order valence-electron chi connectivity index (χ0n) is 11.6. The lowest BCUT2D eigenvalue weighted by Gasteiger charge is -2.23. The van der Waals surface area contributed by atoms with Crippen molar-refractivity contribution in [3.05, 3.63) is 29.8 Å². The number of urea groups is 1. The first-order chi connectivity index (χ1) is 9.67. The van der Waals surface area contributed by atoms with Crippen molar-refractivity contribution in [3.8, 4) is 0 Å². The van der Waals surface area contributed by atoms with E-state index >= 15 is 0 Å². The summed E-state index contributed by atoms with van der Waals surface area (Å²) in [6.07, 6.45) is 2.25. The van der Waals surface area contributed by atoms with Crippen LogP contribution >= 0.6 is 0 Å². The van der Waals surface area contributed by atoms with Crippen molar-refractivity contribution >= 4 is 17.6 Å². The number of benzene rings is 1. The number of nitrogens with zero attached hydrogens (tertiary/aromatic N) is 1. The Bertz CT molecular complexity index is 526. The van der Waals surface area contributed by atoms with Gasteiger partial charge in [-0.2, -0.15) is 0 Å². The fraction of sp³-hybridized carbons (Fsp3) is 0.467. The van der Waals surface area contributed by atoms with E-state index in [-0.39, 0.29) is 24.0 Å².